The van der Waals surface area contributed by atoms with Crippen LogP contribution in [0.15, 0.2) is 29.2 Å². The van der Waals surface area contributed by atoms with E-state index < -0.39 is 21.7 Å². The van der Waals surface area contributed by atoms with E-state index >= 15 is 0 Å². The van der Waals surface area contributed by atoms with Gasteiger partial charge in [-0.2, -0.15) is 0 Å². The SMILES string of the molecule is CCCC(C)CC(=O)Nc1cccc(S(=O)(=O)NCCNC(=O)OC(C)(C)C)c1. The molecular formula is C20H33N3O5S. The molecule has 3 N–H and O–H groups in total. The van der Waals surface area contributed by atoms with Crippen molar-refractivity contribution in [1.29, 1.82) is 0 Å². The molecule has 0 spiro atoms. The Morgan fingerprint density at radius 2 is 1.86 bits per heavy atom. The summed E-state index contributed by atoms with van der Waals surface area (Å²) in [6.45, 7) is 9.40. The van der Waals surface area contributed by atoms with Crippen molar-refractivity contribution in [2.45, 2.75) is 64.4 Å². The summed E-state index contributed by atoms with van der Waals surface area (Å²) < 4.78 is 32.4. The molecule has 1 unspecified atom stereocenters. The number of hydrogen-bond donors (Lipinski definition) is 3. The van der Waals surface area contributed by atoms with Gasteiger partial charge in [-0.15, -0.1) is 0 Å². The van der Waals surface area contributed by atoms with E-state index in [0.29, 0.717) is 12.1 Å². The first-order valence-corrected chi connectivity index (χ1v) is 11.3. The predicted octanol–water partition coefficient (Wildman–Crippen LogP) is 3.25. The zero-order valence-corrected chi connectivity index (χ0v) is 18.7. The molecule has 0 aliphatic heterocycles. The Kier molecular flexibility index (Phi) is 9.58. The molecule has 1 aromatic carbocycles. The summed E-state index contributed by atoms with van der Waals surface area (Å²) in [6.07, 6.45) is 1.75. The average Bonchev–Trinajstić information content (AvgIpc) is 2.57. The van der Waals surface area contributed by atoms with Gasteiger partial charge in [0, 0.05) is 25.2 Å². The van der Waals surface area contributed by atoms with E-state index in [1.165, 1.54) is 12.1 Å². The summed E-state index contributed by atoms with van der Waals surface area (Å²) in [7, 11) is -3.78. The normalized spacial score (nSPS) is 12.9. The van der Waals surface area contributed by atoms with Crippen molar-refractivity contribution in [3.05, 3.63) is 24.3 Å². The Hall–Kier alpha value is -2.13. The largest absolute Gasteiger partial charge is 0.444 e. The van der Waals surface area contributed by atoms with Crippen LogP contribution >= 0.6 is 0 Å². The van der Waals surface area contributed by atoms with Gasteiger partial charge in [0.25, 0.3) is 0 Å². The van der Waals surface area contributed by atoms with Crippen LogP contribution in [-0.4, -0.2) is 39.1 Å². The van der Waals surface area contributed by atoms with Crippen molar-refractivity contribution in [2.24, 2.45) is 5.92 Å². The number of ether oxygens (including phenoxy) is 1. The van der Waals surface area contributed by atoms with Crippen molar-refractivity contribution in [2.75, 3.05) is 18.4 Å². The molecule has 0 bridgehead atoms. The number of rotatable bonds is 10. The van der Waals surface area contributed by atoms with Gasteiger partial charge in [0.15, 0.2) is 0 Å². The van der Waals surface area contributed by atoms with E-state index in [0.717, 1.165) is 12.8 Å². The molecule has 0 aliphatic carbocycles. The minimum Gasteiger partial charge on any atom is -0.444 e. The third-order valence-electron chi connectivity index (χ3n) is 3.83. The molecule has 1 rings (SSSR count). The van der Waals surface area contributed by atoms with Crippen molar-refractivity contribution < 1.29 is 22.7 Å². The lowest BCUT2D eigenvalue weighted by Crippen LogP contribution is -2.37. The standard InChI is InChI=1S/C20H33N3O5S/c1-6-8-15(2)13-18(24)23-16-9-7-10-17(14-16)29(26,27)22-12-11-21-19(25)28-20(3,4)5/h7,9-10,14-15,22H,6,8,11-13H2,1-5H3,(H,21,25)(H,23,24). The zero-order valence-electron chi connectivity index (χ0n) is 17.9. The number of hydrogen-bond acceptors (Lipinski definition) is 5. The topological polar surface area (TPSA) is 114 Å². The Balaban J connectivity index is 2.58. The highest BCUT2D eigenvalue weighted by atomic mass is 32.2. The minimum atomic E-state index is -3.78. The van der Waals surface area contributed by atoms with Gasteiger partial charge in [0.2, 0.25) is 15.9 Å². The molecule has 29 heavy (non-hydrogen) atoms. The second-order valence-corrected chi connectivity index (χ2v) is 9.77. The number of amides is 2. The molecule has 8 nitrogen and oxygen atoms in total. The van der Waals surface area contributed by atoms with Gasteiger partial charge in [-0.05, 0) is 44.9 Å². The minimum absolute atomic E-state index is 0.00664. The quantitative estimate of drug-likeness (QED) is 0.496. The van der Waals surface area contributed by atoms with E-state index in [4.69, 9.17) is 4.74 Å². The van der Waals surface area contributed by atoms with Crippen LogP contribution in [0.2, 0.25) is 0 Å². The Labute approximate surface area is 173 Å². The average molecular weight is 428 g/mol. The number of alkyl carbamates (subject to hydrolysis) is 1. The Bertz CT molecular complexity index is 788. The van der Waals surface area contributed by atoms with Crippen molar-refractivity contribution >= 4 is 27.7 Å². The summed E-state index contributed by atoms with van der Waals surface area (Å²) >= 11 is 0. The van der Waals surface area contributed by atoms with Crippen LogP contribution < -0.4 is 15.4 Å². The number of sulfonamides is 1. The van der Waals surface area contributed by atoms with Gasteiger partial charge < -0.3 is 15.4 Å². The first kappa shape index (κ1) is 24.9. The van der Waals surface area contributed by atoms with Gasteiger partial charge in [0.1, 0.15) is 5.60 Å². The molecule has 0 radical (unpaired) electrons. The summed E-state index contributed by atoms with van der Waals surface area (Å²) in [4.78, 5) is 23.7. The maximum Gasteiger partial charge on any atom is 0.407 e. The van der Waals surface area contributed by atoms with Crippen LogP contribution in [0.4, 0.5) is 10.5 Å². The van der Waals surface area contributed by atoms with E-state index in [1.54, 1.807) is 32.9 Å². The zero-order chi connectivity index (χ0) is 22.1. The molecule has 0 fully saturated rings. The Morgan fingerprint density at radius 1 is 1.17 bits per heavy atom. The first-order valence-electron chi connectivity index (χ1n) is 9.79. The summed E-state index contributed by atoms with van der Waals surface area (Å²) in [5.41, 5.74) is -0.198. The third-order valence-corrected chi connectivity index (χ3v) is 5.29. The van der Waals surface area contributed by atoms with Crippen LogP contribution in [0.1, 0.15) is 53.9 Å². The maximum absolute atomic E-state index is 12.4. The highest BCUT2D eigenvalue weighted by molar-refractivity contribution is 7.89. The second-order valence-electron chi connectivity index (χ2n) is 8.00. The predicted molar refractivity (Wildman–Crippen MR) is 113 cm³/mol. The monoisotopic (exact) mass is 427 g/mol. The number of anilines is 1. The lowest BCUT2D eigenvalue weighted by Gasteiger charge is -2.19. The number of nitrogens with one attached hydrogen (secondary N) is 3. The van der Waals surface area contributed by atoms with Gasteiger partial charge in [-0.25, -0.2) is 17.9 Å². The third kappa shape index (κ3) is 10.3. The molecule has 1 atom stereocenters. The van der Waals surface area contributed by atoms with Crippen molar-refractivity contribution in [3.63, 3.8) is 0 Å². The highest BCUT2D eigenvalue weighted by Crippen LogP contribution is 2.17. The van der Waals surface area contributed by atoms with Crippen LogP contribution in [0, 0.1) is 5.92 Å². The van der Waals surface area contributed by atoms with Crippen molar-refractivity contribution in [1.82, 2.24) is 10.0 Å². The molecule has 2 amide bonds. The van der Waals surface area contributed by atoms with Crippen LogP contribution in [0.5, 0.6) is 0 Å². The lowest BCUT2D eigenvalue weighted by atomic mass is 10.0. The summed E-state index contributed by atoms with van der Waals surface area (Å²) in [5.74, 6) is 0.126. The second kappa shape index (κ2) is 11.2. The fraction of sp³-hybridized carbons (Fsp3) is 0.600. The van der Waals surface area contributed by atoms with Crippen LogP contribution in [0.25, 0.3) is 0 Å². The fourth-order valence-corrected chi connectivity index (χ4v) is 3.69. The van der Waals surface area contributed by atoms with E-state index in [9.17, 15) is 18.0 Å². The Morgan fingerprint density at radius 3 is 2.48 bits per heavy atom. The van der Waals surface area contributed by atoms with E-state index in [-0.39, 0.29) is 29.8 Å². The molecular weight excluding hydrogens is 394 g/mol. The lowest BCUT2D eigenvalue weighted by molar-refractivity contribution is -0.117. The molecule has 0 saturated carbocycles. The van der Waals surface area contributed by atoms with Gasteiger partial charge in [-0.1, -0.05) is 32.8 Å². The molecule has 1 aromatic rings. The number of benzene rings is 1. The molecule has 9 heteroatoms. The van der Waals surface area contributed by atoms with Gasteiger partial charge in [0.05, 0.1) is 4.90 Å². The summed E-state index contributed by atoms with van der Waals surface area (Å²) in [6, 6.07) is 6.06. The summed E-state index contributed by atoms with van der Waals surface area (Å²) in [5, 5.41) is 5.23. The van der Waals surface area contributed by atoms with Gasteiger partial charge >= 0.3 is 6.09 Å². The number of carbonyl (C=O) groups excluding carboxylic acids is 2. The van der Waals surface area contributed by atoms with E-state index in [2.05, 4.69) is 22.3 Å². The molecule has 0 saturated heterocycles. The van der Waals surface area contributed by atoms with Crippen LogP contribution in [-0.2, 0) is 19.6 Å². The van der Waals surface area contributed by atoms with Gasteiger partial charge in [-0.3, -0.25) is 4.79 Å². The fourth-order valence-electron chi connectivity index (χ4n) is 2.61. The number of carbonyl (C=O) groups is 2. The smallest absolute Gasteiger partial charge is 0.407 e. The maximum atomic E-state index is 12.4. The van der Waals surface area contributed by atoms with Crippen molar-refractivity contribution in [3.8, 4) is 0 Å². The molecule has 0 heterocycles. The van der Waals surface area contributed by atoms with Crippen LogP contribution in [0.3, 0.4) is 0 Å². The molecule has 0 aromatic heterocycles. The molecule has 0 aliphatic rings. The molecule has 164 valence electrons. The highest BCUT2D eigenvalue weighted by Gasteiger charge is 2.17. The van der Waals surface area contributed by atoms with E-state index in [1.807, 2.05) is 6.92 Å². The first-order chi connectivity index (χ1) is 13.4.